The highest BCUT2D eigenvalue weighted by Gasteiger charge is 2.20. The molecule has 0 unspecified atom stereocenters. The molecule has 6 heteroatoms. The molecule has 0 atom stereocenters. The maximum absolute atomic E-state index is 11.1. The van der Waals surface area contributed by atoms with Crippen molar-refractivity contribution >= 4 is 28.6 Å². The monoisotopic (exact) mass is 268 g/mol. The summed E-state index contributed by atoms with van der Waals surface area (Å²) in [6.45, 7) is 4.06. The van der Waals surface area contributed by atoms with Gasteiger partial charge < -0.3 is 10.8 Å². The van der Waals surface area contributed by atoms with Crippen LogP contribution in [0.25, 0.3) is 9.88 Å². The summed E-state index contributed by atoms with van der Waals surface area (Å²) in [6, 6.07) is 0. The van der Waals surface area contributed by atoms with Gasteiger partial charge in [-0.15, -0.1) is 22.7 Å². The molecule has 0 radical (unpaired) electrons. The smallest absolute Gasteiger partial charge is 0.337 e. The van der Waals surface area contributed by atoms with Crippen LogP contribution in [-0.4, -0.2) is 16.1 Å². The van der Waals surface area contributed by atoms with Crippen LogP contribution in [0.3, 0.4) is 0 Å². The zero-order valence-electron chi connectivity index (χ0n) is 9.48. The quantitative estimate of drug-likeness (QED) is 0.897. The van der Waals surface area contributed by atoms with Gasteiger partial charge in [0.25, 0.3) is 0 Å². The van der Waals surface area contributed by atoms with Crippen LogP contribution in [0.1, 0.15) is 26.5 Å². The van der Waals surface area contributed by atoms with Crippen LogP contribution < -0.4 is 5.73 Å². The fourth-order valence-electron chi connectivity index (χ4n) is 1.68. The van der Waals surface area contributed by atoms with E-state index in [0.717, 1.165) is 26.0 Å². The third-order valence-electron chi connectivity index (χ3n) is 2.49. The SMILES string of the molecule is Cc1sc(-c2nc(CN)cs2)c(C)c1C(=O)O. The first-order valence-corrected chi connectivity index (χ1v) is 6.72. The Bertz CT molecular complexity index is 572. The summed E-state index contributed by atoms with van der Waals surface area (Å²) in [4.78, 5) is 17.3. The molecule has 2 rings (SSSR count). The lowest BCUT2D eigenvalue weighted by atomic mass is 10.1. The standard InChI is InChI=1S/C11H12N2O2S2/c1-5-8(11(14)15)6(2)17-9(5)10-13-7(3-12)4-16-10/h4H,3,12H2,1-2H3,(H,14,15). The highest BCUT2D eigenvalue weighted by Crippen LogP contribution is 2.37. The van der Waals surface area contributed by atoms with E-state index in [4.69, 9.17) is 10.8 Å². The molecule has 0 aliphatic heterocycles. The highest BCUT2D eigenvalue weighted by molar-refractivity contribution is 7.21. The zero-order valence-corrected chi connectivity index (χ0v) is 11.1. The largest absolute Gasteiger partial charge is 0.478 e. The van der Waals surface area contributed by atoms with Gasteiger partial charge in [-0.1, -0.05) is 0 Å². The molecular weight excluding hydrogens is 256 g/mol. The van der Waals surface area contributed by atoms with E-state index in [2.05, 4.69) is 4.98 Å². The molecule has 0 aromatic carbocycles. The predicted molar refractivity (Wildman–Crippen MR) is 69.8 cm³/mol. The average Bonchev–Trinajstić information content (AvgIpc) is 2.82. The number of carboxylic acid groups (broad SMARTS) is 1. The number of thiazole rings is 1. The van der Waals surface area contributed by atoms with Gasteiger partial charge in [-0.3, -0.25) is 0 Å². The summed E-state index contributed by atoms with van der Waals surface area (Å²) >= 11 is 2.97. The Hall–Kier alpha value is -1.24. The van der Waals surface area contributed by atoms with Gasteiger partial charge in [-0.05, 0) is 19.4 Å². The topological polar surface area (TPSA) is 76.2 Å². The summed E-state index contributed by atoms with van der Waals surface area (Å²) in [6.07, 6.45) is 0. The number of nitrogens with zero attached hydrogens (tertiary/aromatic N) is 1. The van der Waals surface area contributed by atoms with E-state index in [-0.39, 0.29) is 0 Å². The number of carbonyl (C=O) groups is 1. The molecule has 0 spiro atoms. The van der Waals surface area contributed by atoms with Crippen LogP contribution in [0.15, 0.2) is 5.38 Å². The fourth-order valence-corrected chi connectivity index (χ4v) is 3.81. The lowest BCUT2D eigenvalue weighted by molar-refractivity contribution is 0.0696. The van der Waals surface area contributed by atoms with Crippen molar-refractivity contribution in [2.75, 3.05) is 0 Å². The van der Waals surface area contributed by atoms with E-state index >= 15 is 0 Å². The molecular formula is C11H12N2O2S2. The van der Waals surface area contributed by atoms with Crippen molar-refractivity contribution in [1.29, 1.82) is 0 Å². The van der Waals surface area contributed by atoms with Crippen molar-refractivity contribution in [3.63, 3.8) is 0 Å². The minimum absolute atomic E-state index is 0.398. The van der Waals surface area contributed by atoms with Crippen LogP contribution in [-0.2, 0) is 6.54 Å². The minimum Gasteiger partial charge on any atom is -0.478 e. The summed E-state index contributed by atoms with van der Waals surface area (Å²) in [7, 11) is 0. The normalized spacial score (nSPS) is 10.8. The fraction of sp³-hybridized carbons (Fsp3) is 0.273. The zero-order chi connectivity index (χ0) is 12.6. The molecule has 4 nitrogen and oxygen atoms in total. The molecule has 2 aromatic rings. The number of hydrogen-bond acceptors (Lipinski definition) is 5. The molecule has 3 N–H and O–H groups in total. The van der Waals surface area contributed by atoms with Gasteiger partial charge >= 0.3 is 5.97 Å². The van der Waals surface area contributed by atoms with E-state index in [0.29, 0.717) is 12.1 Å². The van der Waals surface area contributed by atoms with Crippen LogP contribution in [0.5, 0.6) is 0 Å². The average molecular weight is 268 g/mol. The van der Waals surface area contributed by atoms with Crippen LogP contribution in [0.4, 0.5) is 0 Å². The number of hydrogen-bond donors (Lipinski definition) is 2. The van der Waals surface area contributed by atoms with E-state index in [9.17, 15) is 4.79 Å². The van der Waals surface area contributed by atoms with E-state index in [1.807, 2.05) is 19.2 Å². The summed E-state index contributed by atoms with van der Waals surface area (Å²) in [5.74, 6) is -0.877. The second kappa shape index (κ2) is 4.56. The number of nitrogens with two attached hydrogens (primary N) is 1. The Kier molecular flexibility index (Phi) is 3.28. The molecule has 0 fully saturated rings. The van der Waals surface area contributed by atoms with Crippen LogP contribution in [0.2, 0.25) is 0 Å². The Morgan fingerprint density at radius 3 is 2.71 bits per heavy atom. The second-order valence-corrected chi connectivity index (χ2v) is 5.72. The van der Waals surface area contributed by atoms with Gasteiger partial charge in [0, 0.05) is 16.8 Å². The molecule has 2 aromatic heterocycles. The first kappa shape index (κ1) is 12.2. The minimum atomic E-state index is -0.877. The van der Waals surface area contributed by atoms with E-state index < -0.39 is 5.97 Å². The van der Waals surface area contributed by atoms with Crippen molar-refractivity contribution in [1.82, 2.24) is 4.98 Å². The number of thiophene rings is 1. The van der Waals surface area contributed by atoms with Gasteiger partial charge in [-0.25, -0.2) is 9.78 Å². The maximum atomic E-state index is 11.1. The second-order valence-electron chi connectivity index (χ2n) is 3.64. The maximum Gasteiger partial charge on any atom is 0.337 e. The van der Waals surface area contributed by atoms with Crippen molar-refractivity contribution < 1.29 is 9.90 Å². The Labute approximate surface area is 107 Å². The van der Waals surface area contributed by atoms with Crippen molar-refractivity contribution in [3.8, 4) is 9.88 Å². The molecule has 0 bridgehead atoms. The molecule has 17 heavy (non-hydrogen) atoms. The summed E-state index contributed by atoms with van der Waals surface area (Å²) in [5, 5.41) is 11.9. The van der Waals surface area contributed by atoms with E-state index in [1.165, 1.54) is 22.7 Å². The van der Waals surface area contributed by atoms with Gasteiger partial charge in [0.1, 0.15) is 5.01 Å². The van der Waals surface area contributed by atoms with Crippen molar-refractivity contribution in [2.45, 2.75) is 20.4 Å². The van der Waals surface area contributed by atoms with Crippen molar-refractivity contribution in [2.24, 2.45) is 5.73 Å². The number of rotatable bonds is 3. The molecule has 0 aliphatic rings. The highest BCUT2D eigenvalue weighted by atomic mass is 32.1. The van der Waals surface area contributed by atoms with Gasteiger partial charge in [0.15, 0.2) is 0 Å². The van der Waals surface area contributed by atoms with Crippen molar-refractivity contribution in [3.05, 3.63) is 27.1 Å². The Morgan fingerprint density at radius 1 is 1.53 bits per heavy atom. The van der Waals surface area contributed by atoms with Crippen LogP contribution in [0, 0.1) is 13.8 Å². The molecule has 0 aliphatic carbocycles. The third kappa shape index (κ3) is 2.11. The molecule has 90 valence electrons. The molecule has 0 amide bonds. The molecule has 0 saturated heterocycles. The summed E-state index contributed by atoms with van der Waals surface area (Å²) in [5.41, 5.74) is 7.54. The lowest BCUT2D eigenvalue weighted by Gasteiger charge is -1.95. The Balaban J connectivity index is 2.53. The number of aryl methyl sites for hydroxylation is 1. The van der Waals surface area contributed by atoms with Gasteiger partial charge in [-0.2, -0.15) is 0 Å². The predicted octanol–water partition coefficient (Wildman–Crippen LogP) is 2.65. The molecule has 2 heterocycles. The number of carboxylic acids is 1. The van der Waals surface area contributed by atoms with Gasteiger partial charge in [0.05, 0.1) is 16.1 Å². The third-order valence-corrected chi connectivity index (χ3v) is 4.74. The number of aromatic nitrogens is 1. The summed E-state index contributed by atoms with van der Waals surface area (Å²) < 4.78 is 0. The lowest BCUT2D eigenvalue weighted by Crippen LogP contribution is -1.98. The molecule has 0 saturated carbocycles. The van der Waals surface area contributed by atoms with Crippen LogP contribution >= 0.6 is 22.7 Å². The number of aromatic carboxylic acids is 1. The first-order chi connectivity index (χ1) is 8.04. The first-order valence-electron chi connectivity index (χ1n) is 5.02. The van der Waals surface area contributed by atoms with Gasteiger partial charge in [0.2, 0.25) is 0 Å². The van der Waals surface area contributed by atoms with E-state index in [1.54, 1.807) is 0 Å². The Morgan fingerprint density at radius 2 is 2.24 bits per heavy atom.